The molecule has 0 aromatic heterocycles. The maximum Gasteiger partial charge on any atom is 0.191 e. The number of ether oxygens (including phenoxy) is 2. The fourth-order valence-corrected chi connectivity index (χ4v) is 3.92. The monoisotopic (exact) mass is 403 g/mol. The van der Waals surface area contributed by atoms with Crippen LogP contribution in [-0.4, -0.2) is 87.4 Å². The number of aryl methyl sites for hydroxylation is 1. The van der Waals surface area contributed by atoms with Gasteiger partial charge in [0.05, 0.1) is 13.2 Å². The van der Waals surface area contributed by atoms with Gasteiger partial charge in [0.1, 0.15) is 12.4 Å². The molecule has 1 atom stereocenters. The molecular weight excluding hydrogens is 366 g/mol. The fourth-order valence-electron chi connectivity index (χ4n) is 3.92. The summed E-state index contributed by atoms with van der Waals surface area (Å²) in [5, 5.41) is 6.92. The predicted octanol–water partition coefficient (Wildman–Crippen LogP) is 1.47. The average Bonchev–Trinajstić information content (AvgIpc) is 2.75. The van der Waals surface area contributed by atoms with Crippen LogP contribution in [0.3, 0.4) is 0 Å². The molecule has 29 heavy (non-hydrogen) atoms. The molecule has 162 valence electrons. The number of nitrogens with one attached hydrogen (secondary N) is 2. The molecule has 1 unspecified atom stereocenters. The van der Waals surface area contributed by atoms with Gasteiger partial charge in [-0.05, 0) is 32.4 Å². The Labute approximate surface area is 175 Å². The van der Waals surface area contributed by atoms with Crippen LogP contribution < -0.4 is 15.4 Å². The first kappa shape index (κ1) is 21.9. The molecule has 0 spiro atoms. The number of rotatable bonds is 10. The number of fused-ring (bicyclic) bond motifs is 3. The first-order valence-corrected chi connectivity index (χ1v) is 11.0. The van der Waals surface area contributed by atoms with Gasteiger partial charge in [0.25, 0.3) is 0 Å². The number of hydrogen-bond acceptors (Lipinski definition) is 5. The van der Waals surface area contributed by atoms with Gasteiger partial charge >= 0.3 is 0 Å². The van der Waals surface area contributed by atoms with Crippen LogP contribution in [0.2, 0.25) is 0 Å². The van der Waals surface area contributed by atoms with Crippen molar-refractivity contribution in [2.45, 2.75) is 33.4 Å². The van der Waals surface area contributed by atoms with Crippen LogP contribution in [0, 0.1) is 6.92 Å². The van der Waals surface area contributed by atoms with Crippen molar-refractivity contribution in [3.63, 3.8) is 0 Å². The van der Waals surface area contributed by atoms with Gasteiger partial charge in [-0.1, -0.05) is 12.1 Å². The molecule has 1 aromatic carbocycles. The Balaban J connectivity index is 1.57. The number of piperazine rings is 3. The lowest BCUT2D eigenvalue weighted by molar-refractivity contribution is 0.0154. The highest BCUT2D eigenvalue weighted by Gasteiger charge is 2.31. The number of guanidine groups is 1. The zero-order chi connectivity index (χ0) is 20.5. The van der Waals surface area contributed by atoms with Crippen LogP contribution in [0.5, 0.6) is 5.75 Å². The molecule has 7 heteroatoms. The number of hydrogen-bond donors (Lipinski definition) is 2. The second kappa shape index (κ2) is 11.4. The van der Waals surface area contributed by atoms with Crippen LogP contribution in [0.1, 0.15) is 25.0 Å². The molecule has 3 fully saturated rings. The van der Waals surface area contributed by atoms with E-state index in [1.807, 2.05) is 6.92 Å². The Morgan fingerprint density at radius 3 is 2.66 bits per heavy atom. The third-order valence-corrected chi connectivity index (χ3v) is 5.56. The summed E-state index contributed by atoms with van der Waals surface area (Å²) >= 11 is 0. The van der Waals surface area contributed by atoms with Crippen LogP contribution in [0.25, 0.3) is 0 Å². The zero-order valence-corrected chi connectivity index (χ0v) is 18.2. The summed E-state index contributed by atoms with van der Waals surface area (Å²) in [5.74, 6) is 1.76. The second-order valence-corrected chi connectivity index (χ2v) is 7.72. The van der Waals surface area contributed by atoms with Crippen molar-refractivity contribution < 1.29 is 9.47 Å². The molecule has 0 radical (unpaired) electrons. The molecule has 3 aliphatic rings. The number of benzene rings is 1. The fraction of sp³-hybridized carbons (Fsp3) is 0.682. The Kier molecular flexibility index (Phi) is 8.58. The third-order valence-electron chi connectivity index (χ3n) is 5.56. The summed E-state index contributed by atoms with van der Waals surface area (Å²) in [6, 6.07) is 6.87. The van der Waals surface area contributed by atoms with E-state index < -0.39 is 0 Å². The number of nitrogens with zero attached hydrogens (tertiary/aromatic N) is 3. The molecular formula is C22H37N5O2. The van der Waals surface area contributed by atoms with E-state index in [0.717, 1.165) is 36.9 Å². The Bertz CT molecular complexity index is 659. The quantitative estimate of drug-likeness (QED) is 0.350. The van der Waals surface area contributed by atoms with Crippen molar-refractivity contribution in [2.75, 3.05) is 65.6 Å². The molecule has 2 bridgehead atoms. The minimum absolute atomic E-state index is 0.556. The molecule has 1 aromatic rings. The highest BCUT2D eigenvalue weighted by Crippen LogP contribution is 2.21. The minimum Gasteiger partial charge on any atom is -0.491 e. The molecule has 0 amide bonds. The van der Waals surface area contributed by atoms with E-state index in [2.05, 4.69) is 52.5 Å². The van der Waals surface area contributed by atoms with Gasteiger partial charge in [-0.2, -0.15) is 0 Å². The molecule has 0 saturated carbocycles. The third kappa shape index (κ3) is 6.59. The molecule has 3 saturated heterocycles. The van der Waals surface area contributed by atoms with Gasteiger partial charge in [-0.25, -0.2) is 4.99 Å². The molecule has 2 N–H and O–H groups in total. The van der Waals surface area contributed by atoms with Gasteiger partial charge in [-0.3, -0.25) is 9.80 Å². The van der Waals surface area contributed by atoms with Crippen molar-refractivity contribution in [1.29, 1.82) is 0 Å². The molecule has 3 heterocycles. The van der Waals surface area contributed by atoms with E-state index in [-0.39, 0.29) is 0 Å². The molecule has 4 rings (SSSR count). The summed E-state index contributed by atoms with van der Waals surface area (Å²) < 4.78 is 11.3. The van der Waals surface area contributed by atoms with Crippen molar-refractivity contribution in [2.24, 2.45) is 4.99 Å². The van der Waals surface area contributed by atoms with E-state index in [4.69, 9.17) is 14.5 Å². The Morgan fingerprint density at radius 1 is 1.14 bits per heavy atom. The van der Waals surface area contributed by atoms with Gasteiger partial charge in [0, 0.05) is 64.0 Å². The summed E-state index contributed by atoms with van der Waals surface area (Å²) in [7, 11) is 0. The van der Waals surface area contributed by atoms with Gasteiger partial charge in [0.15, 0.2) is 5.96 Å². The summed E-state index contributed by atoms with van der Waals surface area (Å²) in [5.41, 5.74) is 2.28. The summed E-state index contributed by atoms with van der Waals surface area (Å²) in [6.45, 7) is 16.4. The lowest BCUT2D eigenvalue weighted by Gasteiger charge is -2.47. The van der Waals surface area contributed by atoms with Crippen molar-refractivity contribution >= 4 is 5.96 Å². The lowest BCUT2D eigenvalue weighted by atomic mass is 10.1. The zero-order valence-electron chi connectivity index (χ0n) is 18.2. The lowest BCUT2D eigenvalue weighted by Crippen LogP contribution is -2.63. The van der Waals surface area contributed by atoms with Crippen LogP contribution in [-0.2, 0) is 11.3 Å². The van der Waals surface area contributed by atoms with E-state index in [1.54, 1.807) is 0 Å². The first-order valence-electron chi connectivity index (χ1n) is 11.0. The highest BCUT2D eigenvalue weighted by atomic mass is 16.5. The average molecular weight is 404 g/mol. The highest BCUT2D eigenvalue weighted by molar-refractivity contribution is 5.79. The molecule has 3 aliphatic heterocycles. The second-order valence-electron chi connectivity index (χ2n) is 7.72. The van der Waals surface area contributed by atoms with Crippen molar-refractivity contribution in [1.82, 2.24) is 20.4 Å². The normalized spacial score (nSPS) is 23.8. The van der Waals surface area contributed by atoms with E-state index in [0.29, 0.717) is 32.4 Å². The van der Waals surface area contributed by atoms with Crippen LogP contribution >= 0.6 is 0 Å². The van der Waals surface area contributed by atoms with E-state index in [1.165, 1.54) is 31.7 Å². The smallest absolute Gasteiger partial charge is 0.191 e. The largest absolute Gasteiger partial charge is 0.491 e. The van der Waals surface area contributed by atoms with E-state index in [9.17, 15) is 0 Å². The van der Waals surface area contributed by atoms with Gasteiger partial charge < -0.3 is 20.1 Å². The van der Waals surface area contributed by atoms with E-state index >= 15 is 0 Å². The minimum atomic E-state index is 0.556. The predicted molar refractivity (Wildman–Crippen MR) is 118 cm³/mol. The Hall–Kier alpha value is -1.83. The van der Waals surface area contributed by atoms with Gasteiger partial charge in [0.2, 0.25) is 0 Å². The molecule has 0 aliphatic carbocycles. The number of aliphatic imine (C=N–C) groups is 1. The summed E-state index contributed by atoms with van der Waals surface area (Å²) in [4.78, 5) is 9.98. The Morgan fingerprint density at radius 2 is 1.97 bits per heavy atom. The standard InChI is InChI=1S/C22H37N5O2/c1-4-23-22(25-16-20-17-26-8-10-27(20)11-9-26)24-15-19-7-6-18(3)14-21(19)29-13-12-28-5-2/h6-7,14,20H,4-5,8-13,15-17H2,1-3H3,(H2,23,24,25). The van der Waals surface area contributed by atoms with Crippen LogP contribution in [0.15, 0.2) is 23.2 Å². The first-order chi connectivity index (χ1) is 14.2. The topological polar surface area (TPSA) is 61.4 Å². The summed E-state index contributed by atoms with van der Waals surface area (Å²) in [6.07, 6.45) is 0. The van der Waals surface area contributed by atoms with Crippen LogP contribution in [0.4, 0.5) is 0 Å². The van der Waals surface area contributed by atoms with Crippen molar-refractivity contribution in [3.05, 3.63) is 29.3 Å². The maximum atomic E-state index is 5.95. The van der Waals surface area contributed by atoms with Crippen molar-refractivity contribution in [3.8, 4) is 5.75 Å². The molecule has 7 nitrogen and oxygen atoms in total. The maximum absolute atomic E-state index is 5.95. The SMILES string of the molecule is CCNC(=NCc1ccc(C)cc1OCCOCC)NCC1CN2CCN1CC2. The van der Waals surface area contributed by atoms with Gasteiger partial charge in [-0.15, -0.1) is 0 Å².